The molecule has 2 aliphatic rings. The molecule has 3 N–H and O–H groups in total. The van der Waals surface area contributed by atoms with E-state index in [2.05, 4.69) is 19.9 Å². The zero-order valence-corrected chi connectivity index (χ0v) is 21.5. The molecule has 5 rings (SSSR count). The molecule has 0 unspecified atom stereocenters. The van der Waals surface area contributed by atoms with Gasteiger partial charge in [-0.3, -0.25) is 23.6 Å². The van der Waals surface area contributed by atoms with Crippen LogP contribution >= 0.6 is 0 Å². The summed E-state index contributed by atoms with van der Waals surface area (Å²) in [6.45, 7) is 4.37. The summed E-state index contributed by atoms with van der Waals surface area (Å²) in [7, 11) is -7.87. The van der Waals surface area contributed by atoms with E-state index < -0.39 is 31.2 Å². The molecule has 14 heteroatoms. The van der Waals surface area contributed by atoms with Crippen LogP contribution in [0.2, 0.25) is 0 Å². The van der Waals surface area contributed by atoms with E-state index in [-0.39, 0.29) is 33.2 Å². The fourth-order valence-corrected chi connectivity index (χ4v) is 5.93. The molecule has 1 saturated carbocycles. The molecular weight excluding hydrogens is 508 g/mol. The minimum atomic E-state index is -4.24. The lowest BCUT2D eigenvalue weighted by Crippen LogP contribution is -2.53. The van der Waals surface area contributed by atoms with Gasteiger partial charge in [-0.1, -0.05) is 13.8 Å². The van der Waals surface area contributed by atoms with Crippen molar-refractivity contribution in [2.45, 2.75) is 50.5 Å². The number of fused-ring (bicyclic) bond motifs is 2. The van der Waals surface area contributed by atoms with Crippen LogP contribution < -0.4 is 31.1 Å². The second-order valence-electron chi connectivity index (χ2n) is 9.62. The van der Waals surface area contributed by atoms with E-state index in [9.17, 15) is 26.4 Å². The topological polar surface area (TPSA) is 161 Å². The zero-order valence-electron chi connectivity index (χ0n) is 19.9. The van der Waals surface area contributed by atoms with Crippen LogP contribution in [0.1, 0.15) is 44.7 Å². The van der Waals surface area contributed by atoms with Crippen molar-refractivity contribution in [2.24, 2.45) is 5.92 Å². The van der Waals surface area contributed by atoms with Crippen LogP contribution in [0.25, 0.3) is 11.5 Å². The molecule has 0 bridgehead atoms. The molecule has 0 amide bonds. The summed E-state index contributed by atoms with van der Waals surface area (Å²) in [4.78, 5) is 26.8. The summed E-state index contributed by atoms with van der Waals surface area (Å²) in [5, 5.41) is 6.91. The third-order valence-electron chi connectivity index (χ3n) is 6.10. The summed E-state index contributed by atoms with van der Waals surface area (Å²) in [5.41, 5.74) is -0.0912. The monoisotopic (exact) mass is 534 g/mol. The third-order valence-corrected chi connectivity index (χ3v) is 8.09. The standard InChI is InChI=1S/C22H26N6O6S2/c1-12(2)8-9-27-18-11-16(13-4-5-13)24-28(18)22(30)19(21(27)29)20-23-15-7-6-14(25-35(3,31)32)10-17(15)36(33,34)26-20/h6-7,10-13,23,25-26H,4-5,8-9H2,1-3H3/b20-19-. The van der Waals surface area contributed by atoms with Crippen molar-refractivity contribution < 1.29 is 16.8 Å². The third kappa shape index (κ3) is 4.46. The molecule has 1 aliphatic carbocycles. The minimum absolute atomic E-state index is 0.0537. The van der Waals surface area contributed by atoms with E-state index in [1.54, 1.807) is 6.07 Å². The molecule has 0 radical (unpaired) electrons. The quantitative estimate of drug-likeness (QED) is 0.408. The van der Waals surface area contributed by atoms with Crippen molar-refractivity contribution in [3.05, 3.63) is 55.9 Å². The maximum absolute atomic E-state index is 13.6. The Labute approximate surface area is 207 Å². The summed E-state index contributed by atoms with van der Waals surface area (Å²) in [6.07, 6.45) is 3.55. The Hall–Kier alpha value is -3.39. The highest BCUT2D eigenvalue weighted by Gasteiger charge is 2.30. The highest BCUT2D eigenvalue weighted by atomic mass is 32.2. The predicted octanol–water partition coefficient (Wildman–Crippen LogP) is 0.340. The van der Waals surface area contributed by atoms with Gasteiger partial charge in [0.1, 0.15) is 21.6 Å². The largest absolute Gasteiger partial charge is 0.339 e. The molecule has 12 nitrogen and oxygen atoms in total. The Morgan fingerprint density at radius 2 is 1.89 bits per heavy atom. The Morgan fingerprint density at radius 3 is 2.53 bits per heavy atom. The predicted molar refractivity (Wildman–Crippen MR) is 135 cm³/mol. The maximum atomic E-state index is 13.6. The second kappa shape index (κ2) is 8.34. The first-order valence-electron chi connectivity index (χ1n) is 11.5. The molecule has 2 aromatic heterocycles. The molecule has 0 spiro atoms. The summed E-state index contributed by atoms with van der Waals surface area (Å²) in [6, 6.07) is 5.66. The molecule has 192 valence electrons. The number of aryl methyl sites for hydroxylation is 1. The van der Waals surface area contributed by atoms with Crippen LogP contribution in [0.15, 0.2) is 38.8 Å². The molecule has 0 saturated heterocycles. The van der Waals surface area contributed by atoms with Crippen molar-refractivity contribution in [3.8, 4) is 0 Å². The van der Waals surface area contributed by atoms with Gasteiger partial charge in [0, 0.05) is 24.2 Å². The number of benzene rings is 1. The van der Waals surface area contributed by atoms with E-state index in [1.165, 1.54) is 21.2 Å². The SMILES string of the molecule is CC(C)CCn1c(=O)/c(=C2\Nc3ccc(NS(C)(=O)=O)cc3S(=O)(=O)N2)c(=O)n2nc(C3CC3)cc12. The van der Waals surface area contributed by atoms with Crippen LogP contribution in [0.3, 0.4) is 0 Å². The van der Waals surface area contributed by atoms with Gasteiger partial charge < -0.3 is 5.32 Å². The average molecular weight is 535 g/mol. The van der Waals surface area contributed by atoms with Gasteiger partial charge in [0.05, 0.1) is 17.6 Å². The van der Waals surface area contributed by atoms with Gasteiger partial charge in [0.15, 0.2) is 0 Å². The van der Waals surface area contributed by atoms with Crippen LogP contribution in [0, 0.1) is 5.92 Å². The maximum Gasteiger partial charge on any atom is 0.289 e. The summed E-state index contributed by atoms with van der Waals surface area (Å²) < 4.78 is 56.4. The molecule has 1 fully saturated rings. The number of nitrogens with one attached hydrogen (secondary N) is 3. The van der Waals surface area contributed by atoms with Crippen LogP contribution in [-0.2, 0) is 26.6 Å². The van der Waals surface area contributed by atoms with Crippen molar-refractivity contribution in [1.82, 2.24) is 18.9 Å². The highest BCUT2D eigenvalue weighted by molar-refractivity contribution is 7.92. The van der Waals surface area contributed by atoms with Gasteiger partial charge in [0.25, 0.3) is 21.1 Å². The Balaban J connectivity index is 1.72. The van der Waals surface area contributed by atoms with Crippen LogP contribution in [0.5, 0.6) is 0 Å². The molecule has 1 aromatic carbocycles. The van der Waals surface area contributed by atoms with Crippen LogP contribution in [0.4, 0.5) is 11.4 Å². The highest BCUT2D eigenvalue weighted by Crippen LogP contribution is 2.39. The Kier molecular flexibility index (Phi) is 5.63. The zero-order chi connectivity index (χ0) is 26.0. The van der Waals surface area contributed by atoms with Gasteiger partial charge in [-0.2, -0.15) is 9.61 Å². The fraction of sp³-hybridized carbons (Fsp3) is 0.409. The van der Waals surface area contributed by atoms with Crippen molar-refractivity contribution in [1.29, 1.82) is 0 Å². The fourth-order valence-electron chi connectivity index (χ4n) is 4.15. The van der Waals surface area contributed by atoms with Gasteiger partial charge in [-0.05, 0) is 43.4 Å². The molecular formula is C22H26N6O6S2. The molecule has 36 heavy (non-hydrogen) atoms. The van der Waals surface area contributed by atoms with Crippen molar-refractivity contribution in [3.63, 3.8) is 0 Å². The van der Waals surface area contributed by atoms with E-state index in [0.717, 1.165) is 30.9 Å². The van der Waals surface area contributed by atoms with Gasteiger partial charge >= 0.3 is 0 Å². The number of rotatable bonds is 6. The van der Waals surface area contributed by atoms with E-state index in [1.807, 2.05) is 13.8 Å². The van der Waals surface area contributed by atoms with E-state index in [0.29, 0.717) is 24.5 Å². The second-order valence-corrected chi connectivity index (χ2v) is 13.0. The number of anilines is 2. The lowest BCUT2D eigenvalue weighted by atomic mass is 10.1. The molecule has 0 atom stereocenters. The summed E-state index contributed by atoms with van der Waals surface area (Å²) >= 11 is 0. The average Bonchev–Trinajstić information content (AvgIpc) is 3.51. The van der Waals surface area contributed by atoms with Crippen LogP contribution in [-0.4, -0.2) is 37.3 Å². The lowest BCUT2D eigenvalue weighted by molar-refractivity contribution is 0.509. The summed E-state index contributed by atoms with van der Waals surface area (Å²) in [5.74, 6) is 0.269. The first-order chi connectivity index (χ1) is 16.8. The minimum Gasteiger partial charge on any atom is -0.339 e. The molecule has 3 aromatic rings. The molecule has 3 heterocycles. The Bertz CT molecular complexity index is 1790. The first-order valence-corrected chi connectivity index (χ1v) is 14.8. The smallest absolute Gasteiger partial charge is 0.289 e. The van der Waals surface area contributed by atoms with E-state index in [4.69, 9.17) is 0 Å². The number of nitrogens with zero attached hydrogens (tertiary/aromatic N) is 3. The Morgan fingerprint density at radius 1 is 1.17 bits per heavy atom. The van der Waals surface area contributed by atoms with Crippen molar-refractivity contribution in [2.75, 3.05) is 16.3 Å². The van der Waals surface area contributed by atoms with Gasteiger partial charge in [-0.25, -0.2) is 16.8 Å². The lowest BCUT2D eigenvalue weighted by Gasteiger charge is -2.23. The van der Waals surface area contributed by atoms with Gasteiger partial charge in [0.2, 0.25) is 10.0 Å². The number of sulfonamides is 2. The molecule has 1 aliphatic heterocycles. The normalized spacial score (nSPS) is 18.6. The van der Waals surface area contributed by atoms with E-state index >= 15 is 0 Å². The van der Waals surface area contributed by atoms with Crippen molar-refractivity contribution >= 4 is 42.9 Å². The van der Waals surface area contributed by atoms with Gasteiger partial charge in [-0.15, -0.1) is 0 Å². The number of hydrogen-bond acceptors (Lipinski definition) is 8. The number of aromatic nitrogens is 3. The first kappa shape index (κ1) is 24.3. The number of hydrogen-bond donors (Lipinski definition) is 3.